The van der Waals surface area contributed by atoms with Gasteiger partial charge in [0.1, 0.15) is 17.5 Å². The van der Waals surface area contributed by atoms with Gasteiger partial charge in [0.25, 0.3) is 5.91 Å². The van der Waals surface area contributed by atoms with Crippen molar-refractivity contribution in [3.63, 3.8) is 0 Å². The Labute approximate surface area is 170 Å². The largest absolute Gasteiger partial charge is 0.433 e. The molecule has 3 aromatic rings. The number of aryl methyl sites for hydroxylation is 1. The van der Waals surface area contributed by atoms with Crippen LogP contribution in [-0.4, -0.2) is 28.1 Å². The van der Waals surface area contributed by atoms with E-state index in [9.17, 15) is 18.0 Å². The number of pyridine rings is 1. The molecule has 2 heterocycles. The number of fused-ring (bicyclic) bond motifs is 1. The van der Waals surface area contributed by atoms with Crippen molar-refractivity contribution in [1.29, 1.82) is 0 Å². The van der Waals surface area contributed by atoms with Gasteiger partial charge in [-0.25, -0.2) is 4.98 Å². The number of amides is 1. The van der Waals surface area contributed by atoms with E-state index in [2.05, 4.69) is 20.8 Å². The number of hydrogen-bond acceptors (Lipinski definition) is 5. The maximum atomic E-state index is 13.3. The van der Waals surface area contributed by atoms with E-state index in [4.69, 9.17) is 4.52 Å². The first-order valence-electron chi connectivity index (χ1n) is 9.76. The first kappa shape index (κ1) is 20.2. The second-order valence-corrected chi connectivity index (χ2v) is 7.55. The molecule has 0 aliphatic heterocycles. The average Bonchev–Trinajstić information content (AvgIpc) is 3.15. The molecular weight excluding hydrogens is 397 g/mol. The van der Waals surface area contributed by atoms with Crippen LogP contribution in [0.4, 0.5) is 18.9 Å². The molecule has 30 heavy (non-hydrogen) atoms. The predicted molar refractivity (Wildman–Crippen MR) is 105 cm³/mol. The van der Waals surface area contributed by atoms with Crippen molar-refractivity contribution in [2.45, 2.75) is 50.9 Å². The molecule has 9 heteroatoms. The fraction of sp³-hybridized carbons (Fsp3) is 0.381. The summed E-state index contributed by atoms with van der Waals surface area (Å²) in [5.41, 5.74) is 0.778. The van der Waals surface area contributed by atoms with E-state index >= 15 is 0 Å². The highest BCUT2D eigenvalue weighted by atomic mass is 19.4. The SMILES string of the molecule is Cc1nocc1C(=O)NC1CCC(Nc2cc(C(F)(F)F)nc3ccccc23)CC1. The highest BCUT2D eigenvalue weighted by Gasteiger charge is 2.34. The van der Waals surface area contributed by atoms with Gasteiger partial charge < -0.3 is 15.2 Å². The Morgan fingerprint density at radius 3 is 2.50 bits per heavy atom. The molecule has 0 unspecified atom stereocenters. The van der Waals surface area contributed by atoms with Gasteiger partial charge in [-0.15, -0.1) is 0 Å². The van der Waals surface area contributed by atoms with Crippen molar-refractivity contribution < 1.29 is 22.5 Å². The van der Waals surface area contributed by atoms with Crippen LogP contribution in [0.2, 0.25) is 0 Å². The van der Waals surface area contributed by atoms with Crippen molar-refractivity contribution in [3.8, 4) is 0 Å². The first-order valence-corrected chi connectivity index (χ1v) is 9.76. The molecule has 2 aromatic heterocycles. The van der Waals surface area contributed by atoms with E-state index in [0.717, 1.165) is 31.7 Å². The van der Waals surface area contributed by atoms with Crippen LogP contribution in [0.5, 0.6) is 0 Å². The van der Waals surface area contributed by atoms with Crippen molar-refractivity contribution in [2.24, 2.45) is 0 Å². The second-order valence-electron chi connectivity index (χ2n) is 7.55. The van der Waals surface area contributed by atoms with Gasteiger partial charge >= 0.3 is 6.18 Å². The number of carbonyl (C=O) groups excluding carboxylic acids is 1. The number of aromatic nitrogens is 2. The fourth-order valence-corrected chi connectivity index (χ4v) is 3.82. The third-order valence-electron chi connectivity index (χ3n) is 5.42. The van der Waals surface area contributed by atoms with E-state index in [1.807, 2.05) is 0 Å². The zero-order valence-corrected chi connectivity index (χ0v) is 16.3. The van der Waals surface area contributed by atoms with Crippen LogP contribution in [0.3, 0.4) is 0 Å². The number of halogens is 3. The number of rotatable bonds is 4. The van der Waals surface area contributed by atoms with Crippen LogP contribution in [0.15, 0.2) is 41.1 Å². The van der Waals surface area contributed by atoms with E-state index in [1.165, 1.54) is 6.26 Å². The molecule has 4 rings (SSSR count). The molecule has 0 atom stereocenters. The van der Waals surface area contributed by atoms with Crippen LogP contribution in [0, 0.1) is 6.92 Å². The van der Waals surface area contributed by atoms with Crippen molar-refractivity contribution >= 4 is 22.5 Å². The van der Waals surface area contributed by atoms with Crippen LogP contribution in [0.25, 0.3) is 10.9 Å². The van der Waals surface area contributed by atoms with Crippen molar-refractivity contribution in [1.82, 2.24) is 15.5 Å². The maximum absolute atomic E-state index is 13.3. The molecule has 0 saturated heterocycles. The molecule has 1 amide bonds. The Morgan fingerprint density at radius 2 is 1.83 bits per heavy atom. The Balaban J connectivity index is 1.43. The topological polar surface area (TPSA) is 80.0 Å². The lowest BCUT2D eigenvalue weighted by Crippen LogP contribution is -2.40. The molecule has 158 valence electrons. The number of nitrogens with zero attached hydrogens (tertiary/aromatic N) is 2. The van der Waals surface area contributed by atoms with Gasteiger partial charge in [-0.05, 0) is 44.7 Å². The summed E-state index contributed by atoms with van der Waals surface area (Å²) in [6.45, 7) is 1.70. The summed E-state index contributed by atoms with van der Waals surface area (Å²) in [7, 11) is 0. The molecule has 0 bridgehead atoms. The molecule has 0 radical (unpaired) electrons. The van der Waals surface area contributed by atoms with Gasteiger partial charge in [0.2, 0.25) is 0 Å². The molecule has 6 nitrogen and oxygen atoms in total. The van der Waals surface area contributed by atoms with Crippen LogP contribution < -0.4 is 10.6 Å². The summed E-state index contributed by atoms with van der Waals surface area (Å²) in [4.78, 5) is 16.1. The Morgan fingerprint density at radius 1 is 1.13 bits per heavy atom. The Hall–Kier alpha value is -3.10. The summed E-state index contributed by atoms with van der Waals surface area (Å²) in [5.74, 6) is -0.222. The first-order chi connectivity index (χ1) is 14.3. The smallest absolute Gasteiger partial charge is 0.382 e. The van der Waals surface area contributed by atoms with Crippen LogP contribution >= 0.6 is 0 Å². The average molecular weight is 418 g/mol. The zero-order chi connectivity index (χ0) is 21.3. The quantitative estimate of drug-likeness (QED) is 0.642. The highest BCUT2D eigenvalue weighted by molar-refractivity contribution is 5.95. The third kappa shape index (κ3) is 4.24. The molecule has 0 spiro atoms. The number of nitrogens with one attached hydrogen (secondary N) is 2. The monoisotopic (exact) mass is 418 g/mol. The van der Waals surface area contributed by atoms with Crippen LogP contribution in [0.1, 0.15) is 47.4 Å². The van der Waals surface area contributed by atoms with Gasteiger partial charge in [0, 0.05) is 23.2 Å². The Bertz CT molecular complexity index is 1060. The summed E-state index contributed by atoms with van der Waals surface area (Å²) >= 11 is 0. The summed E-state index contributed by atoms with van der Waals surface area (Å²) in [5, 5.41) is 10.6. The van der Waals surface area contributed by atoms with E-state index in [-0.39, 0.29) is 18.0 Å². The Kier molecular flexibility index (Phi) is 5.36. The second kappa shape index (κ2) is 7.97. The fourth-order valence-electron chi connectivity index (χ4n) is 3.82. The predicted octanol–water partition coefficient (Wildman–Crippen LogP) is 4.70. The van der Waals surface area contributed by atoms with Gasteiger partial charge in [0.15, 0.2) is 0 Å². The standard InChI is InChI=1S/C21H21F3N4O2/c1-12-16(11-30-28-12)20(29)26-14-8-6-13(7-9-14)25-18-10-19(21(22,23)24)27-17-5-3-2-4-15(17)18/h2-5,10-11,13-14H,6-9H2,1H3,(H,25,27)(H,26,29). The van der Waals surface area contributed by atoms with Crippen molar-refractivity contribution in [3.05, 3.63) is 53.5 Å². The van der Waals surface area contributed by atoms with E-state index in [1.54, 1.807) is 31.2 Å². The highest BCUT2D eigenvalue weighted by Crippen LogP contribution is 2.34. The lowest BCUT2D eigenvalue weighted by Gasteiger charge is -2.30. The lowest BCUT2D eigenvalue weighted by atomic mass is 9.90. The summed E-state index contributed by atoms with van der Waals surface area (Å²) < 4.78 is 44.6. The zero-order valence-electron chi connectivity index (χ0n) is 16.3. The number of benzene rings is 1. The van der Waals surface area contributed by atoms with E-state index < -0.39 is 11.9 Å². The molecule has 1 aromatic carbocycles. The van der Waals surface area contributed by atoms with Gasteiger partial charge in [-0.2, -0.15) is 13.2 Å². The number of anilines is 1. The van der Waals surface area contributed by atoms with E-state index in [0.29, 0.717) is 27.8 Å². The lowest BCUT2D eigenvalue weighted by molar-refractivity contribution is -0.140. The normalized spacial score (nSPS) is 19.6. The minimum Gasteiger partial charge on any atom is -0.382 e. The molecule has 2 N–H and O–H groups in total. The van der Waals surface area contributed by atoms with Crippen LogP contribution in [-0.2, 0) is 6.18 Å². The van der Waals surface area contributed by atoms with Gasteiger partial charge in [-0.1, -0.05) is 23.4 Å². The number of hydrogen-bond donors (Lipinski definition) is 2. The van der Waals surface area contributed by atoms with Gasteiger partial charge in [-0.3, -0.25) is 4.79 Å². The minimum atomic E-state index is -4.51. The van der Waals surface area contributed by atoms with Gasteiger partial charge in [0.05, 0.1) is 11.2 Å². The van der Waals surface area contributed by atoms with Crippen molar-refractivity contribution in [2.75, 3.05) is 5.32 Å². The third-order valence-corrected chi connectivity index (χ3v) is 5.42. The minimum absolute atomic E-state index is 0.00442. The molecule has 1 fully saturated rings. The molecule has 1 aliphatic carbocycles. The molecular formula is C21H21F3N4O2. The number of para-hydroxylation sites is 1. The molecule has 1 aliphatic rings. The summed E-state index contributed by atoms with van der Waals surface area (Å²) in [6, 6.07) is 7.89. The number of carbonyl (C=O) groups is 1. The number of alkyl halides is 3. The summed E-state index contributed by atoms with van der Waals surface area (Å²) in [6.07, 6.45) is -0.282. The molecule has 1 saturated carbocycles. The maximum Gasteiger partial charge on any atom is 0.433 e.